The van der Waals surface area contributed by atoms with Crippen LogP contribution in [0.5, 0.6) is 0 Å². The monoisotopic (exact) mass is 194 g/mol. The number of hydrogen-bond donors (Lipinski definition) is 0. The van der Waals surface area contributed by atoms with Crippen molar-refractivity contribution in [2.75, 3.05) is 6.61 Å². The van der Waals surface area contributed by atoms with Crippen LogP contribution >= 0.6 is 12.2 Å². The van der Waals surface area contributed by atoms with Gasteiger partial charge in [0.1, 0.15) is 6.61 Å². The van der Waals surface area contributed by atoms with Crippen LogP contribution in [-0.4, -0.2) is 17.4 Å². The number of carbonyl (C=O) groups is 1. The third-order valence-electron chi connectivity index (χ3n) is 1.42. The first-order valence-corrected chi connectivity index (χ1v) is 4.32. The lowest BCUT2D eigenvalue weighted by Gasteiger charge is -2.04. The topological polar surface area (TPSA) is 26.3 Å². The second kappa shape index (κ2) is 4.72. The minimum atomic E-state index is -0.0294. The van der Waals surface area contributed by atoms with Crippen molar-refractivity contribution in [1.82, 2.24) is 0 Å². The molecule has 0 spiro atoms. The second-order valence-electron chi connectivity index (χ2n) is 2.64. The lowest BCUT2D eigenvalue weighted by molar-refractivity contribution is -0.119. The molecule has 0 radical (unpaired) electrons. The molecule has 0 aliphatic carbocycles. The zero-order valence-corrected chi connectivity index (χ0v) is 8.14. The van der Waals surface area contributed by atoms with Gasteiger partial charge >= 0.3 is 0 Å². The number of ether oxygens (including phenoxy) is 1. The molecule has 0 N–H and O–H groups in total. The molecule has 13 heavy (non-hydrogen) atoms. The Bertz CT molecular complexity index is 306. The molecule has 1 rings (SSSR count). The number of carbonyl (C=O) groups excluding carboxylic acids is 1. The lowest BCUT2D eigenvalue weighted by Crippen LogP contribution is -2.10. The highest BCUT2D eigenvalue weighted by molar-refractivity contribution is 7.80. The molecule has 0 unspecified atom stereocenters. The predicted octanol–water partition coefficient (Wildman–Crippen LogP) is 1.97. The van der Waals surface area contributed by atoms with Crippen molar-refractivity contribution in [3.63, 3.8) is 0 Å². The Balaban J connectivity index is 2.54. The Labute approximate surface area is 82.5 Å². The van der Waals surface area contributed by atoms with E-state index in [1.54, 1.807) is 0 Å². The van der Waals surface area contributed by atoms with Gasteiger partial charge in [-0.3, -0.25) is 4.79 Å². The average molecular weight is 194 g/mol. The number of hydrogen-bond acceptors (Lipinski definition) is 3. The zero-order valence-electron chi connectivity index (χ0n) is 7.32. The van der Waals surface area contributed by atoms with E-state index in [0.29, 0.717) is 5.05 Å². The quantitative estimate of drug-likeness (QED) is 0.688. The maximum Gasteiger partial charge on any atom is 0.191 e. The molecule has 0 saturated heterocycles. The highest BCUT2D eigenvalue weighted by atomic mass is 32.1. The fourth-order valence-corrected chi connectivity index (χ4v) is 1.02. The number of Topliss-reactive ketones (excluding diaryl/α,β-unsaturated/α-hetero) is 1. The number of thiocarbonyl (C=S) groups is 1. The van der Waals surface area contributed by atoms with Crippen LogP contribution in [0.25, 0.3) is 0 Å². The van der Waals surface area contributed by atoms with Crippen LogP contribution in [0.1, 0.15) is 12.5 Å². The summed E-state index contributed by atoms with van der Waals surface area (Å²) in [7, 11) is 0. The van der Waals surface area contributed by atoms with Gasteiger partial charge in [-0.05, 0) is 19.1 Å². The molecule has 1 aromatic carbocycles. The Morgan fingerprint density at radius 1 is 1.38 bits per heavy atom. The van der Waals surface area contributed by atoms with Crippen LogP contribution < -0.4 is 0 Å². The molecule has 0 aliphatic rings. The maximum atomic E-state index is 10.6. The molecular weight excluding hydrogens is 184 g/mol. The van der Waals surface area contributed by atoms with Crippen LogP contribution in [-0.2, 0) is 9.53 Å². The van der Waals surface area contributed by atoms with Crippen molar-refractivity contribution in [3.05, 3.63) is 35.9 Å². The summed E-state index contributed by atoms with van der Waals surface area (Å²) in [5.74, 6) is -0.0294. The molecule has 0 atom stereocenters. The molecule has 0 saturated carbocycles. The Morgan fingerprint density at radius 3 is 2.54 bits per heavy atom. The molecule has 0 aliphatic heterocycles. The van der Waals surface area contributed by atoms with Gasteiger partial charge in [-0.2, -0.15) is 0 Å². The van der Waals surface area contributed by atoms with E-state index in [1.165, 1.54) is 6.92 Å². The minimum absolute atomic E-state index is 0.0294. The van der Waals surface area contributed by atoms with Gasteiger partial charge in [0.2, 0.25) is 0 Å². The smallest absolute Gasteiger partial charge is 0.191 e. The third kappa shape index (κ3) is 3.34. The van der Waals surface area contributed by atoms with Crippen molar-refractivity contribution < 1.29 is 9.53 Å². The summed E-state index contributed by atoms with van der Waals surface area (Å²) >= 11 is 4.96. The summed E-state index contributed by atoms with van der Waals surface area (Å²) in [4.78, 5) is 10.6. The van der Waals surface area contributed by atoms with Crippen LogP contribution in [0, 0.1) is 0 Å². The first kappa shape index (κ1) is 9.86. The second-order valence-corrected chi connectivity index (χ2v) is 3.01. The maximum absolute atomic E-state index is 10.6. The van der Waals surface area contributed by atoms with Crippen LogP contribution in [0.2, 0.25) is 0 Å². The van der Waals surface area contributed by atoms with E-state index < -0.39 is 0 Å². The Morgan fingerprint density at radius 2 is 2.00 bits per heavy atom. The van der Waals surface area contributed by atoms with Crippen molar-refractivity contribution in [2.45, 2.75) is 6.92 Å². The van der Waals surface area contributed by atoms with E-state index in [4.69, 9.17) is 17.0 Å². The summed E-state index contributed by atoms with van der Waals surface area (Å²) in [5.41, 5.74) is 0.832. The van der Waals surface area contributed by atoms with Crippen LogP contribution in [0.15, 0.2) is 30.3 Å². The van der Waals surface area contributed by atoms with Crippen LogP contribution in [0.4, 0.5) is 0 Å². The van der Waals surface area contributed by atoms with Gasteiger partial charge in [0, 0.05) is 5.56 Å². The molecule has 0 aromatic heterocycles. The average Bonchev–Trinajstić information content (AvgIpc) is 2.15. The first-order chi connectivity index (χ1) is 6.20. The van der Waals surface area contributed by atoms with Gasteiger partial charge in [0.05, 0.1) is 0 Å². The number of rotatable bonds is 3. The van der Waals surface area contributed by atoms with Crippen molar-refractivity contribution in [2.24, 2.45) is 0 Å². The van der Waals surface area contributed by atoms with Crippen molar-refractivity contribution >= 4 is 23.1 Å². The molecular formula is C10H10O2S. The van der Waals surface area contributed by atoms with E-state index in [0.717, 1.165) is 5.56 Å². The first-order valence-electron chi connectivity index (χ1n) is 3.92. The van der Waals surface area contributed by atoms with E-state index in [2.05, 4.69) is 0 Å². The van der Waals surface area contributed by atoms with Gasteiger partial charge in [-0.15, -0.1) is 0 Å². The molecule has 2 nitrogen and oxygen atoms in total. The molecule has 1 aromatic rings. The van der Waals surface area contributed by atoms with E-state index in [-0.39, 0.29) is 12.4 Å². The van der Waals surface area contributed by atoms with Crippen molar-refractivity contribution in [1.29, 1.82) is 0 Å². The van der Waals surface area contributed by atoms with Crippen LogP contribution in [0.3, 0.4) is 0 Å². The van der Waals surface area contributed by atoms with E-state index in [9.17, 15) is 4.79 Å². The predicted molar refractivity (Wildman–Crippen MR) is 54.8 cm³/mol. The SMILES string of the molecule is CC(=O)COC(=S)c1ccccc1. The number of benzene rings is 1. The third-order valence-corrected chi connectivity index (χ3v) is 1.77. The van der Waals surface area contributed by atoms with E-state index in [1.807, 2.05) is 30.3 Å². The highest BCUT2D eigenvalue weighted by Gasteiger charge is 2.01. The van der Waals surface area contributed by atoms with Gasteiger partial charge in [-0.1, -0.05) is 30.3 Å². The summed E-state index contributed by atoms with van der Waals surface area (Å²) < 4.78 is 5.07. The number of ketones is 1. The molecule has 0 heterocycles. The lowest BCUT2D eigenvalue weighted by atomic mass is 10.2. The summed E-state index contributed by atoms with van der Waals surface area (Å²) in [5, 5.41) is 0.371. The Kier molecular flexibility index (Phi) is 3.58. The molecule has 3 heteroatoms. The normalized spacial score (nSPS) is 9.31. The zero-order chi connectivity index (χ0) is 9.68. The van der Waals surface area contributed by atoms with E-state index >= 15 is 0 Å². The molecule has 0 bridgehead atoms. The van der Waals surface area contributed by atoms with Gasteiger partial charge in [0.25, 0.3) is 0 Å². The largest absolute Gasteiger partial charge is 0.475 e. The fraction of sp³-hybridized carbons (Fsp3) is 0.200. The summed E-state index contributed by atoms with van der Waals surface area (Å²) in [6, 6.07) is 9.35. The molecule has 68 valence electrons. The minimum Gasteiger partial charge on any atom is -0.475 e. The summed E-state index contributed by atoms with van der Waals surface area (Å²) in [6.07, 6.45) is 0. The summed E-state index contributed by atoms with van der Waals surface area (Å²) in [6.45, 7) is 1.52. The Hall–Kier alpha value is -1.22. The molecule has 0 amide bonds. The standard InChI is InChI=1S/C10H10O2S/c1-8(11)7-12-10(13)9-5-3-2-4-6-9/h2-6H,7H2,1H3. The van der Waals surface area contributed by atoms with Gasteiger partial charge in [-0.25, -0.2) is 0 Å². The van der Waals surface area contributed by atoms with Crippen molar-refractivity contribution in [3.8, 4) is 0 Å². The van der Waals surface area contributed by atoms with Gasteiger partial charge in [0.15, 0.2) is 10.8 Å². The molecule has 0 fully saturated rings. The fourth-order valence-electron chi connectivity index (χ4n) is 0.825. The van der Waals surface area contributed by atoms with Gasteiger partial charge < -0.3 is 4.74 Å². The highest BCUT2D eigenvalue weighted by Crippen LogP contribution is 2.02.